The highest BCUT2D eigenvalue weighted by Crippen LogP contribution is 2.36. The van der Waals surface area contributed by atoms with Crippen molar-refractivity contribution in [3.63, 3.8) is 0 Å². The monoisotopic (exact) mass is 447 g/mol. The van der Waals surface area contributed by atoms with Crippen LogP contribution in [0.3, 0.4) is 0 Å². The fourth-order valence-electron chi connectivity index (χ4n) is 2.23. The van der Waals surface area contributed by atoms with Gasteiger partial charge in [-0.1, -0.05) is 6.08 Å². The van der Waals surface area contributed by atoms with E-state index < -0.39 is 24.1 Å². The zero-order valence-corrected chi connectivity index (χ0v) is 15.6. The maximum Gasteiger partial charge on any atom is 0.573 e. The van der Waals surface area contributed by atoms with E-state index in [1.165, 1.54) is 35.4 Å². The zero-order valence-electron chi connectivity index (χ0n) is 14.0. The lowest BCUT2D eigenvalue weighted by Crippen LogP contribution is -2.27. The van der Waals surface area contributed by atoms with Crippen molar-refractivity contribution in [3.05, 3.63) is 58.4 Å². The van der Waals surface area contributed by atoms with Crippen molar-refractivity contribution in [2.45, 2.75) is 6.36 Å². The van der Waals surface area contributed by atoms with Gasteiger partial charge in [0.1, 0.15) is 11.4 Å². The Labute approximate surface area is 160 Å². The van der Waals surface area contributed by atoms with Crippen LogP contribution in [0.1, 0.15) is 0 Å². The summed E-state index contributed by atoms with van der Waals surface area (Å²) in [5.41, 5.74) is -0.263. The van der Waals surface area contributed by atoms with Gasteiger partial charge in [-0.3, -0.25) is 0 Å². The molecule has 0 saturated heterocycles. The Kier molecular flexibility index (Phi) is 6.32. The van der Waals surface area contributed by atoms with Crippen LogP contribution in [0.2, 0.25) is 0 Å². The van der Waals surface area contributed by atoms with Gasteiger partial charge >= 0.3 is 18.3 Å². The largest absolute Gasteiger partial charge is 0.573 e. The van der Waals surface area contributed by atoms with Crippen LogP contribution in [0.4, 0.5) is 18.9 Å². The number of hydrogen-bond donors (Lipinski definition) is 0. The van der Waals surface area contributed by atoms with Gasteiger partial charge < -0.3 is 19.1 Å². The average Bonchev–Trinajstić information content (AvgIpc) is 2.83. The van der Waals surface area contributed by atoms with Gasteiger partial charge in [-0.05, 0) is 40.2 Å². The third-order valence-electron chi connectivity index (χ3n) is 3.30. The summed E-state index contributed by atoms with van der Waals surface area (Å²) >= 11 is 3.22. The zero-order chi connectivity index (χ0) is 20.2. The predicted octanol–water partition coefficient (Wildman–Crippen LogP) is 3.84. The summed E-state index contributed by atoms with van der Waals surface area (Å²) in [5, 5.41) is 0. The second-order valence-electron chi connectivity index (χ2n) is 4.98. The molecule has 0 aliphatic carbocycles. The molecule has 0 spiro atoms. The molecule has 0 amide bonds. The van der Waals surface area contributed by atoms with Crippen LogP contribution in [-0.4, -0.2) is 32.5 Å². The second-order valence-corrected chi connectivity index (χ2v) is 5.83. The molecule has 6 nitrogen and oxygen atoms in total. The first kappa shape index (κ1) is 20.6. The minimum atomic E-state index is -4.89. The Hall–Kier alpha value is -2.75. The van der Waals surface area contributed by atoms with Crippen molar-refractivity contribution < 1.29 is 37.0 Å². The lowest BCUT2D eigenvalue weighted by Gasteiger charge is -2.24. The molecule has 0 saturated carbocycles. The summed E-state index contributed by atoms with van der Waals surface area (Å²) in [5.74, 6) is -2.21. The number of carbonyl (C=O) groups is 2. The molecule has 144 valence electrons. The Bertz CT molecular complexity index is 845. The van der Waals surface area contributed by atoms with Crippen LogP contribution in [0, 0.1) is 0 Å². The van der Waals surface area contributed by atoms with Crippen LogP contribution in [0.15, 0.2) is 58.4 Å². The molecule has 0 atom stereocenters. The smallest absolute Gasteiger partial charge is 0.465 e. The van der Waals surface area contributed by atoms with Crippen molar-refractivity contribution in [3.8, 4) is 5.75 Å². The van der Waals surface area contributed by atoms with Gasteiger partial charge in [0.15, 0.2) is 0 Å². The molecule has 1 aromatic carbocycles. The number of rotatable bonds is 4. The molecule has 1 heterocycles. The number of nitrogens with zero attached hydrogens (tertiary/aromatic N) is 1. The maximum absolute atomic E-state index is 12.5. The van der Waals surface area contributed by atoms with Crippen molar-refractivity contribution in [1.29, 1.82) is 0 Å². The van der Waals surface area contributed by atoms with E-state index in [1.807, 2.05) is 0 Å². The number of methoxy groups -OCH3 is 2. The molecular formula is C17H13BrF3NO5. The van der Waals surface area contributed by atoms with Crippen molar-refractivity contribution in [2.75, 3.05) is 19.1 Å². The SMILES string of the molecule is COC(=O)C1=C(C(=O)OC)N(c2cc(OC(F)(F)F)ccc2Br)C=CC=C1. The molecule has 1 aliphatic heterocycles. The normalized spacial score (nSPS) is 14.1. The van der Waals surface area contributed by atoms with Crippen molar-refractivity contribution in [2.24, 2.45) is 0 Å². The third-order valence-corrected chi connectivity index (χ3v) is 3.97. The Morgan fingerprint density at radius 2 is 1.74 bits per heavy atom. The first-order valence-corrected chi connectivity index (χ1v) is 8.07. The number of hydrogen-bond acceptors (Lipinski definition) is 6. The molecule has 1 aliphatic rings. The van der Waals surface area contributed by atoms with Gasteiger partial charge in [0.25, 0.3) is 0 Å². The minimum absolute atomic E-state index is 0.110. The molecular weight excluding hydrogens is 435 g/mol. The van der Waals surface area contributed by atoms with Gasteiger partial charge in [0.2, 0.25) is 0 Å². The highest BCUT2D eigenvalue weighted by molar-refractivity contribution is 9.10. The van der Waals surface area contributed by atoms with Gasteiger partial charge in [0.05, 0.1) is 25.5 Å². The van der Waals surface area contributed by atoms with Crippen LogP contribution in [0.5, 0.6) is 5.75 Å². The van der Waals surface area contributed by atoms with Gasteiger partial charge in [-0.2, -0.15) is 0 Å². The van der Waals surface area contributed by atoms with Crippen LogP contribution in [0.25, 0.3) is 0 Å². The third kappa shape index (κ3) is 4.91. The van der Waals surface area contributed by atoms with E-state index >= 15 is 0 Å². The number of alkyl halides is 3. The summed E-state index contributed by atoms with van der Waals surface area (Å²) in [6.45, 7) is 0. The standard InChI is InChI=1S/C17H13BrF3NO5/c1-25-15(23)11-5-3-4-8-22(14(11)16(24)26-2)13-9-10(6-7-12(13)18)27-17(19,20)21/h3-9H,1-2H3. The average molecular weight is 448 g/mol. The van der Waals surface area contributed by atoms with Gasteiger partial charge in [-0.15, -0.1) is 13.2 Å². The molecule has 0 bridgehead atoms. The number of carbonyl (C=O) groups excluding carboxylic acids is 2. The highest BCUT2D eigenvalue weighted by atomic mass is 79.9. The molecule has 0 radical (unpaired) electrons. The number of esters is 2. The van der Waals surface area contributed by atoms with Crippen molar-refractivity contribution >= 4 is 33.6 Å². The molecule has 0 N–H and O–H groups in total. The predicted molar refractivity (Wildman–Crippen MR) is 92.6 cm³/mol. The molecule has 0 aromatic heterocycles. The number of anilines is 1. The van der Waals surface area contributed by atoms with Gasteiger partial charge in [0, 0.05) is 16.7 Å². The van der Waals surface area contributed by atoms with E-state index in [-0.39, 0.29) is 17.0 Å². The van der Waals surface area contributed by atoms with E-state index in [2.05, 4.69) is 25.4 Å². The molecule has 27 heavy (non-hydrogen) atoms. The summed E-state index contributed by atoms with van der Waals surface area (Å²) in [4.78, 5) is 25.6. The Morgan fingerprint density at radius 1 is 1.07 bits per heavy atom. The van der Waals surface area contributed by atoms with E-state index in [9.17, 15) is 22.8 Å². The summed E-state index contributed by atoms with van der Waals surface area (Å²) in [7, 11) is 2.24. The second kappa shape index (κ2) is 8.30. The molecule has 10 heteroatoms. The van der Waals surface area contributed by atoms with Gasteiger partial charge in [-0.25, -0.2) is 9.59 Å². The fourth-order valence-corrected chi connectivity index (χ4v) is 2.66. The Balaban J connectivity index is 2.65. The maximum atomic E-state index is 12.5. The lowest BCUT2D eigenvalue weighted by atomic mass is 10.1. The number of halogens is 4. The lowest BCUT2D eigenvalue weighted by molar-refractivity contribution is -0.274. The quantitative estimate of drug-likeness (QED) is 0.653. The summed E-state index contributed by atoms with van der Waals surface area (Å²) in [6, 6.07) is 3.48. The van der Waals surface area contributed by atoms with E-state index in [1.54, 1.807) is 0 Å². The van der Waals surface area contributed by atoms with Crippen molar-refractivity contribution in [1.82, 2.24) is 0 Å². The number of benzene rings is 1. The first-order valence-electron chi connectivity index (χ1n) is 7.28. The topological polar surface area (TPSA) is 65.1 Å². The summed E-state index contributed by atoms with van der Waals surface area (Å²) in [6.07, 6.45) is 0.788. The number of ether oxygens (including phenoxy) is 3. The fraction of sp³-hybridized carbons (Fsp3) is 0.176. The molecule has 0 fully saturated rings. The summed E-state index contributed by atoms with van der Waals surface area (Å²) < 4.78 is 51.3. The van der Waals surface area contributed by atoms with Crippen LogP contribution >= 0.6 is 15.9 Å². The van der Waals surface area contributed by atoms with E-state index in [4.69, 9.17) is 4.74 Å². The molecule has 1 aromatic rings. The number of allylic oxidation sites excluding steroid dienone is 2. The van der Waals surface area contributed by atoms with Crippen LogP contribution in [-0.2, 0) is 19.1 Å². The first-order chi connectivity index (χ1) is 12.7. The highest BCUT2D eigenvalue weighted by Gasteiger charge is 2.32. The molecule has 2 rings (SSSR count). The van der Waals surface area contributed by atoms with E-state index in [0.29, 0.717) is 4.47 Å². The molecule has 0 unspecified atom stereocenters. The van der Waals surface area contributed by atoms with Crippen LogP contribution < -0.4 is 9.64 Å². The minimum Gasteiger partial charge on any atom is -0.465 e. The van der Waals surface area contributed by atoms with E-state index in [0.717, 1.165) is 26.4 Å². The Morgan fingerprint density at radius 3 is 2.33 bits per heavy atom.